The monoisotopic (exact) mass is 217 g/mol. The molecule has 1 aliphatic rings. The molecule has 0 spiro atoms. The lowest BCUT2D eigenvalue weighted by Gasteiger charge is -2.13. The maximum atomic E-state index is 11.1. The van der Waals surface area contributed by atoms with Gasteiger partial charge in [-0.2, -0.15) is 11.8 Å². The van der Waals surface area contributed by atoms with E-state index >= 15 is 0 Å². The molecule has 1 unspecified atom stereocenters. The summed E-state index contributed by atoms with van der Waals surface area (Å²) in [4.78, 5) is 23.5. The summed E-state index contributed by atoms with van der Waals surface area (Å²) in [6.45, 7) is 3.25. The first-order valence-corrected chi connectivity index (χ1v) is 5.60. The van der Waals surface area contributed by atoms with Crippen molar-refractivity contribution in [2.24, 2.45) is 5.73 Å². The van der Waals surface area contributed by atoms with Crippen molar-refractivity contribution in [3.05, 3.63) is 0 Å². The summed E-state index contributed by atoms with van der Waals surface area (Å²) in [7, 11) is 0. The first-order valence-electron chi connectivity index (χ1n) is 4.55. The van der Waals surface area contributed by atoms with Gasteiger partial charge in [0.2, 0.25) is 5.91 Å². The topological polar surface area (TPSA) is 75.4 Å². The van der Waals surface area contributed by atoms with E-state index in [2.05, 4.69) is 5.32 Å². The highest BCUT2D eigenvalue weighted by molar-refractivity contribution is 7.99. The van der Waals surface area contributed by atoms with E-state index in [4.69, 9.17) is 5.73 Å². The Morgan fingerprint density at radius 1 is 1.64 bits per heavy atom. The smallest absolute Gasteiger partial charge is 0.324 e. The van der Waals surface area contributed by atoms with Crippen molar-refractivity contribution in [3.8, 4) is 0 Å². The molecular formula is C8H15N3O2S. The van der Waals surface area contributed by atoms with Crippen molar-refractivity contribution < 1.29 is 9.59 Å². The summed E-state index contributed by atoms with van der Waals surface area (Å²) >= 11 is 1.67. The van der Waals surface area contributed by atoms with Crippen LogP contribution in [0.3, 0.4) is 0 Å². The fraction of sp³-hybridized carbons (Fsp3) is 0.750. The molecule has 0 radical (unpaired) electrons. The van der Waals surface area contributed by atoms with Crippen LogP contribution < -0.4 is 11.1 Å². The maximum Gasteiger partial charge on any atom is 0.324 e. The third kappa shape index (κ3) is 2.88. The predicted molar refractivity (Wildman–Crippen MR) is 56.1 cm³/mol. The Morgan fingerprint density at radius 3 is 2.86 bits per heavy atom. The predicted octanol–water partition coefficient (Wildman–Crippen LogP) is -0.381. The van der Waals surface area contributed by atoms with Gasteiger partial charge in [-0.3, -0.25) is 9.69 Å². The van der Waals surface area contributed by atoms with Gasteiger partial charge in [-0.05, 0) is 0 Å². The van der Waals surface area contributed by atoms with Crippen LogP contribution in [0.5, 0.6) is 0 Å². The number of imide groups is 1. The van der Waals surface area contributed by atoms with E-state index in [-0.39, 0.29) is 18.5 Å². The van der Waals surface area contributed by atoms with Crippen LogP contribution in [-0.4, -0.2) is 47.5 Å². The maximum absolute atomic E-state index is 11.1. The number of carbonyl (C=O) groups excluding carboxylic acids is 2. The molecule has 1 fully saturated rings. The summed E-state index contributed by atoms with van der Waals surface area (Å²) in [6.07, 6.45) is 0. The van der Waals surface area contributed by atoms with Crippen molar-refractivity contribution in [2.45, 2.75) is 12.2 Å². The lowest BCUT2D eigenvalue weighted by molar-refractivity contribution is -0.124. The van der Waals surface area contributed by atoms with Crippen molar-refractivity contribution in [1.29, 1.82) is 0 Å². The number of hydrogen-bond donors (Lipinski definition) is 2. The molecule has 1 heterocycles. The van der Waals surface area contributed by atoms with Gasteiger partial charge < -0.3 is 11.1 Å². The summed E-state index contributed by atoms with van der Waals surface area (Å²) in [5.74, 6) is 0.605. The number of urea groups is 1. The van der Waals surface area contributed by atoms with E-state index in [0.29, 0.717) is 18.3 Å². The Morgan fingerprint density at radius 2 is 2.36 bits per heavy atom. The van der Waals surface area contributed by atoms with E-state index < -0.39 is 0 Å². The zero-order valence-corrected chi connectivity index (χ0v) is 8.97. The quantitative estimate of drug-likeness (QED) is 0.615. The highest BCUT2D eigenvalue weighted by Gasteiger charge is 2.27. The number of nitrogens with one attached hydrogen (secondary N) is 1. The van der Waals surface area contributed by atoms with Crippen LogP contribution in [0.25, 0.3) is 0 Å². The minimum Gasteiger partial charge on any atom is -0.329 e. The van der Waals surface area contributed by atoms with Crippen molar-refractivity contribution >= 4 is 23.7 Å². The van der Waals surface area contributed by atoms with Gasteiger partial charge in [0.05, 0.1) is 6.54 Å². The number of nitrogens with zero attached hydrogens (tertiary/aromatic N) is 1. The largest absolute Gasteiger partial charge is 0.329 e. The highest BCUT2D eigenvalue weighted by Crippen LogP contribution is 2.10. The van der Waals surface area contributed by atoms with Crippen LogP contribution in [0.2, 0.25) is 0 Å². The van der Waals surface area contributed by atoms with E-state index in [0.717, 1.165) is 5.75 Å². The molecule has 0 aromatic carbocycles. The van der Waals surface area contributed by atoms with Gasteiger partial charge in [0.1, 0.15) is 0 Å². The fourth-order valence-corrected chi connectivity index (χ4v) is 1.92. The Balaban J connectivity index is 2.24. The van der Waals surface area contributed by atoms with Gasteiger partial charge in [-0.25, -0.2) is 4.79 Å². The van der Waals surface area contributed by atoms with Crippen LogP contribution in [0.4, 0.5) is 4.79 Å². The number of nitrogens with two attached hydrogens (primary N) is 1. The third-order valence-electron chi connectivity index (χ3n) is 1.99. The first kappa shape index (κ1) is 11.3. The van der Waals surface area contributed by atoms with Gasteiger partial charge in [0, 0.05) is 24.1 Å². The molecule has 3 amide bonds. The van der Waals surface area contributed by atoms with Crippen molar-refractivity contribution in [3.63, 3.8) is 0 Å². The number of thioether (sulfide) groups is 1. The van der Waals surface area contributed by atoms with Crippen LogP contribution in [-0.2, 0) is 4.79 Å². The summed E-state index contributed by atoms with van der Waals surface area (Å²) in [5, 5.41) is 2.85. The van der Waals surface area contributed by atoms with Gasteiger partial charge in [0.15, 0.2) is 0 Å². The third-order valence-corrected chi connectivity index (χ3v) is 3.17. The van der Waals surface area contributed by atoms with Crippen LogP contribution in [0.1, 0.15) is 6.92 Å². The molecule has 6 heteroatoms. The van der Waals surface area contributed by atoms with Crippen molar-refractivity contribution in [1.82, 2.24) is 10.2 Å². The molecule has 1 rings (SSSR count). The number of carbonyl (C=O) groups is 2. The molecule has 0 bridgehead atoms. The average Bonchev–Trinajstić information content (AvgIpc) is 2.48. The van der Waals surface area contributed by atoms with Gasteiger partial charge in [-0.1, -0.05) is 6.92 Å². The molecule has 1 saturated heterocycles. The van der Waals surface area contributed by atoms with Gasteiger partial charge in [0.25, 0.3) is 0 Å². The second-order valence-corrected chi connectivity index (χ2v) is 4.67. The molecule has 14 heavy (non-hydrogen) atoms. The zero-order valence-electron chi connectivity index (χ0n) is 8.16. The average molecular weight is 217 g/mol. The second-order valence-electron chi connectivity index (χ2n) is 3.12. The molecule has 80 valence electrons. The Labute approximate surface area is 87.4 Å². The summed E-state index contributed by atoms with van der Waals surface area (Å²) < 4.78 is 0. The standard InChI is InChI=1S/C8H15N3O2S/c1-6(4-9)14-3-2-11-7(12)5-10-8(11)13/h6H,2-5,9H2,1H3,(H,10,13). The Hall–Kier alpha value is -0.750. The SMILES string of the molecule is CC(CN)SCCN1C(=O)CNC1=O. The van der Waals surface area contributed by atoms with Gasteiger partial charge >= 0.3 is 6.03 Å². The molecule has 3 N–H and O–H groups in total. The molecule has 0 aromatic heterocycles. The van der Waals surface area contributed by atoms with Crippen LogP contribution in [0.15, 0.2) is 0 Å². The summed E-state index contributed by atoms with van der Waals surface area (Å²) in [5.41, 5.74) is 5.44. The normalized spacial score (nSPS) is 18.6. The fourth-order valence-electron chi connectivity index (χ4n) is 1.09. The first-order chi connectivity index (χ1) is 6.65. The molecule has 0 saturated carbocycles. The second kappa shape index (κ2) is 5.21. The van der Waals surface area contributed by atoms with Crippen LogP contribution >= 0.6 is 11.8 Å². The molecular weight excluding hydrogens is 202 g/mol. The minimum atomic E-state index is -0.281. The minimum absolute atomic E-state index is 0.135. The van der Waals surface area contributed by atoms with Gasteiger partial charge in [-0.15, -0.1) is 0 Å². The number of amides is 3. The molecule has 0 aromatic rings. The summed E-state index contributed by atoms with van der Waals surface area (Å²) in [6, 6.07) is -0.281. The van der Waals surface area contributed by atoms with Crippen LogP contribution in [0, 0.1) is 0 Å². The molecule has 1 aliphatic heterocycles. The zero-order chi connectivity index (χ0) is 10.6. The lowest BCUT2D eigenvalue weighted by atomic mass is 10.5. The Kier molecular flexibility index (Phi) is 4.21. The molecule has 5 nitrogen and oxygen atoms in total. The molecule has 0 aliphatic carbocycles. The number of rotatable bonds is 5. The van der Waals surface area contributed by atoms with E-state index in [1.165, 1.54) is 4.90 Å². The Bertz CT molecular complexity index is 219. The van der Waals surface area contributed by atoms with E-state index in [1.807, 2.05) is 6.92 Å². The van der Waals surface area contributed by atoms with Crippen molar-refractivity contribution in [2.75, 3.05) is 25.4 Å². The number of hydrogen-bond acceptors (Lipinski definition) is 4. The van der Waals surface area contributed by atoms with E-state index in [9.17, 15) is 9.59 Å². The highest BCUT2D eigenvalue weighted by atomic mass is 32.2. The van der Waals surface area contributed by atoms with E-state index in [1.54, 1.807) is 11.8 Å². The molecule has 1 atom stereocenters. The lowest BCUT2D eigenvalue weighted by Crippen LogP contribution is -2.33.